The third-order valence-electron chi connectivity index (χ3n) is 5.38. The lowest BCUT2D eigenvalue weighted by Gasteiger charge is -2.25. The van der Waals surface area contributed by atoms with Gasteiger partial charge in [0.25, 0.3) is 11.8 Å². The summed E-state index contributed by atoms with van der Waals surface area (Å²) in [5.41, 5.74) is 7.90. The summed E-state index contributed by atoms with van der Waals surface area (Å²) in [5.74, 6) is 0.470. The van der Waals surface area contributed by atoms with Gasteiger partial charge >= 0.3 is 0 Å². The largest absolute Gasteiger partial charge is 0.391 e. The molecule has 0 radical (unpaired) electrons. The van der Waals surface area contributed by atoms with Crippen LogP contribution in [0.4, 0.5) is 10.7 Å². The van der Waals surface area contributed by atoms with E-state index in [9.17, 15) is 9.59 Å². The smallest absolute Gasteiger partial charge is 0.265 e. The second-order valence-corrected chi connectivity index (χ2v) is 8.32. The Hall–Kier alpha value is -2.38. The van der Waals surface area contributed by atoms with E-state index in [1.807, 2.05) is 17.0 Å². The zero-order chi connectivity index (χ0) is 18.8. The Labute approximate surface area is 162 Å². The van der Waals surface area contributed by atoms with Gasteiger partial charge in [0, 0.05) is 13.1 Å². The molecule has 27 heavy (non-hydrogen) atoms. The fraction of sp³-hybridized carbons (Fsp3) is 0.400. The zero-order valence-electron chi connectivity index (χ0n) is 15.2. The summed E-state index contributed by atoms with van der Waals surface area (Å²) < 4.78 is 0. The normalized spacial score (nSPS) is 17.2. The maximum Gasteiger partial charge on any atom is 0.265 e. The van der Waals surface area contributed by atoms with Crippen molar-refractivity contribution in [3.05, 3.63) is 46.3 Å². The SMILES string of the molecule is Nc1ccc(C(=O)Nc2cccc3c2C(=O)N(CCC2CCNCC2)C3)s1. The number of anilines is 2. The van der Waals surface area contributed by atoms with Crippen molar-refractivity contribution in [2.45, 2.75) is 25.8 Å². The number of carbonyl (C=O) groups is 2. The number of thiophene rings is 1. The highest BCUT2D eigenvalue weighted by Gasteiger charge is 2.30. The van der Waals surface area contributed by atoms with E-state index in [2.05, 4.69) is 10.6 Å². The van der Waals surface area contributed by atoms with Gasteiger partial charge in [0.1, 0.15) is 0 Å². The van der Waals surface area contributed by atoms with Crippen molar-refractivity contribution in [2.24, 2.45) is 5.92 Å². The van der Waals surface area contributed by atoms with Crippen LogP contribution in [0.15, 0.2) is 30.3 Å². The van der Waals surface area contributed by atoms with Crippen molar-refractivity contribution < 1.29 is 9.59 Å². The molecule has 0 unspecified atom stereocenters. The van der Waals surface area contributed by atoms with Crippen LogP contribution in [0.1, 0.15) is 44.9 Å². The lowest BCUT2D eigenvalue weighted by Crippen LogP contribution is -2.31. The van der Waals surface area contributed by atoms with E-state index >= 15 is 0 Å². The van der Waals surface area contributed by atoms with Gasteiger partial charge in [-0.25, -0.2) is 0 Å². The van der Waals surface area contributed by atoms with Gasteiger partial charge < -0.3 is 21.3 Å². The molecule has 142 valence electrons. The molecule has 6 nitrogen and oxygen atoms in total. The van der Waals surface area contributed by atoms with E-state index in [-0.39, 0.29) is 11.8 Å². The van der Waals surface area contributed by atoms with Crippen molar-refractivity contribution in [1.29, 1.82) is 0 Å². The van der Waals surface area contributed by atoms with E-state index < -0.39 is 0 Å². The molecule has 3 heterocycles. The first-order valence-electron chi connectivity index (χ1n) is 9.40. The van der Waals surface area contributed by atoms with E-state index in [1.165, 1.54) is 24.2 Å². The van der Waals surface area contributed by atoms with Crippen LogP contribution >= 0.6 is 11.3 Å². The van der Waals surface area contributed by atoms with Gasteiger partial charge in [0.15, 0.2) is 0 Å². The summed E-state index contributed by atoms with van der Waals surface area (Å²) in [6.07, 6.45) is 3.40. The van der Waals surface area contributed by atoms with Crippen LogP contribution in [0.2, 0.25) is 0 Å². The summed E-state index contributed by atoms with van der Waals surface area (Å²) in [5, 5.41) is 6.86. The second kappa shape index (κ2) is 7.70. The fourth-order valence-corrected chi connectivity index (χ4v) is 4.54. The number of hydrogen-bond acceptors (Lipinski definition) is 5. The predicted octanol–water partition coefficient (Wildman–Crippen LogP) is 2.93. The van der Waals surface area contributed by atoms with Crippen molar-refractivity contribution in [1.82, 2.24) is 10.2 Å². The molecule has 1 aromatic carbocycles. The highest BCUT2D eigenvalue weighted by atomic mass is 32.1. The number of rotatable bonds is 5. The predicted molar refractivity (Wildman–Crippen MR) is 108 cm³/mol. The lowest BCUT2D eigenvalue weighted by molar-refractivity contribution is 0.0767. The summed E-state index contributed by atoms with van der Waals surface area (Å²) in [7, 11) is 0. The molecule has 0 spiro atoms. The second-order valence-electron chi connectivity index (χ2n) is 7.20. The van der Waals surface area contributed by atoms with Crippen molar-refractivity contribution in [3.8, 4) is 0 Å². The molecule has 2 aromatic rings. The van der Waals surface area contributed by atoms with Crippen LogP contribution in [0, 0.1) is 5.92 Å². The number of nitrogens with zero attached hydrogens (tertiary/aromatic N) is 1. The van der Waals surface area contributed by atoms with Crippen LogP contribution in [0.5, 0.6) is 0 Å². The average molecular weight is 385 g/mol. The Morgan fingerprint density at radius 2 is 2.07 bits per heavy atom. The zero-order valence-corrected chi connectivity index (χ0v) is 16.0. The molecule has 2 amide bonds. The highest BCUT2D eigenvalue weighted by molar-refractivity contribution is 7.17. The quantitative estimate of drug-likeness (QED) is 0.740. The molecule has 0 aliphatic carbocycles. The van der Waals surface area contributed by atoms with E-state index in [1.54, 1.807) is 18.2 Å². The Morgan fingerprint density at radius 3 is 2.81 bits per heavy atom. The minimum absolute atomic E-state index is 0.0144. The van der Waals surface area contributed by atoms with E-state index in [0.29, 0.717) is 33.6 Å². The number of nitrogens with one attached hydrogen (secondary N) is 2. The van der Waals surface area contributed by atoms with Crippen molar-refractivity contribution in [3.63, 3.8) is 0 Å². The first kappa shape index (κ1) is 18.0. The Morgan fingerprint density at radius 1 is 1.26 bits per heavy atom. The first-order chi connectivity index (χ1) is 13.1. The van der Waals surface area contributed by atoms with Gasteiger partial charge in [-0.3, -0.25) is 9.59 Å². The van der Waals surface area contributed by atoms with Crippen molar-refractivity contribution in [2.75, 3.05) is 30.7 Å². The van der Waals surface area contributed by atoms with Gasteiger partial charge in [-0.2, -0.15) is 0 Å². The number of carbonyl (C=O) groups excluding carboxylic acids is 2. The Balaban J connectivity index is 1.45. The van der Waals surface area contributed by atoms with Gasteiger partial charge in [0.05, 0.1) is 21.1 Å². The number of fused-ring (bicyclic) bond motifs is 1. The van der Waals surface area contributed by atoms with E-state index in [0.717, 1.165) is 31.6 Å². The van der Waals surface area contributed by atoms with Crippen LogP contribution in [0.3, 0.4) is 0 Å². The molecule has 2 aliphatic rings. The maximum absolute atomic E-state index is 13.0. The van der Waals surface area contributed by atoms with Crippen LogP contribution in [-0.4, -0.2) is 36.3 Å². The van der Waals surface area contributed by atoms with Crippen LogP contribution in [0.25, 0.3) is 0 Å². The summed E-state index contributed by atoms with van der Waals surface area (Å²) in [6.45, 7) is 3.53. The molecule has 4 N–H and O–H groups in total. The van der Waals surface area contributed by atoms with Crippen molar-refractivity contribution >= 4 is 33.8 Å². The number of benzene rings is 1. The first-order valence-corrected chi connectivity index (χ1v) is 10.2. The Bertz CT molecular complexity index is 857. The molecule has 0 saturated carbocycles. The summed E-state index contributed by atoms with van der Waals surface area (Å²) in [6, 6.07) is 9.06. The van der Waals surface area contributed by atoms with Gasteiger partial charge in [-0.05, 0) is 62.0 Å². The minimum atomic E-state index is -0.231. The summed E-state index contributed by atoms with van der Waals surface area (Å²) in [4.78, 5) is 27.9. The molecule has 0 atom stereocenters. The monoisotopic (exact) mass is 384 g/mol. The standard InChI is InChI=1S/C20H24N4O2S/c21-17-5-4-16(27-17)19(25)23-15-3-1-2-14-12-24(20(26)18(14)15)11-8-13-6-9-22-10-7-13/h1-5,13,22H,6-12,21H2,(H,23,25). The molecule has 1 aromatic heterocycles. The molecule has 0 bridgehead atoms. The van der Waals surface area contributed by atoms with Gasteiger partial charge in [-0.15, -0.1) is 11.3 Å². The number of nitrogens with two attached hydrogens (primary N) is 1. The molecular weight excluding hydrogens is 360 g/mol. The van der Waals surface area contributed by atoms with Crippen LogP contribution in [-0.2, 0) is 6.54 Å². The third-order valence-corrected chi connectivity index (χ3v) is 6.29. The number of nitrogen functional groups attached to an aromatic ring is 1. The molecule has 2 aliphatic heterocycles. The number of hydrogen-bond donors (Lipinski definition) is 3. The average Bonchev–Trinajstić information content (AvgIpc) is 3.25. The van der Waals surface area contributed by atoms with E-state index in [4.69, 9.17) is 5.73 Å². The molecule has 4 rings (SSSR count). The highest BCUT2D eigenvalue weighted by Crippen LogP contribution is 2.31. The Kier molecular flexibility index (Phi) is 5.13. The maximum atomic E-state index is 13.0. The molecule has 1 fully saturated rings. The fourth-order valence-electron chi connectivity index (χ4n) is 3.87. The number of amides is 2. The third kappa shape index (κ3) is 3.84. The molecular formula is C20H24N4O2S. The van der Waals surface area contributed by atoms with Gasteiger partial charge in [-0.1, -0.05) is 12.1 Å². The summed E-state index contributed by atoms with van der Waals surface area (Å²) >= 11 is 1.24. The lowest BCUT2D eigenvalue weighted by atomic mass is 9.94. The van der Waals surface area contributed by atoms with Crippen LogP contribution < -0.4 is 16.4 Å². The van der Waals surface area contributed by atoms with Gasteiger partial charge in [0.2, 0.25) is 0 Å². The molecule has 1 saturated heterocycles. The number of piperidine rings is 1. The minimum Gasteiger partial charge on any atom is -0.391 e. The topological polar surface area (TPSA) is 87.5 Å². The molecule has 7 heteroatoms.